The van der Waals surface area contributed by atoms with Gasteiger partial charge in [0.15, 0.2) is 11.2 Å². The molecule has 0 fully saturated rings. The van der Waals surface area contributed by atoms with Crippen LogP contribution in [0, 0.1) is 5.89 Å². The fourth-order valence-corrected chi connectivity index (χ4v) is 1.60. The molecule has 24 heavy (non-hydrogen) atoms. The predicted octanol–water partition coefficient (Wildman–Crippen LogP) is -0.376. The van der Waals surface area contributed by atoms with E-state index < -0.39 is 43.8 Å². The zero-order chi connectivity index (χ0) is 23.8. The van der Waals surface area contributed by atoms with Gasteiger partial charge in [-0.2, -0.15) is 4.98 Å². The number of hydrogen-bond acceptors (Lipinski definition) is 8. The lowest BCUT2D eigenvalue weighted by atomic mass is 10.1. The van der Waals surface area contributed by atoms with Crippen molar-refractivity contribution in [1.82, 2.24) is 19.5 Å². The Kier molecular flexibility index (Phi) is 3.82. The first-order chi connectivity index (χ1) is 14.0. The second-order valence-electron chi connectivity index (χ2n) is 4.30. The van der Waals surface area contributed by atoms with Crippen molar-refractivity contribution in [3.63, 3.8) is 0 Å². The topological polar surface area (TPSA) is 151 Å². The highest BCUT2D eigenvalue weighted by Gasteiger charge is 2.18. The summed E-state index contributed by atoms with van der Waals surface area (Å²) in [5.41, 5.74) is 10.5. The molecule has 134 valence electrons. The van der Waals surface area contributed by atoms with Gasteiger partial charge in [0.2, 0.25) is 5.95 Å². The van der Waals surface area contributed by atoms with Crippen molar-refractivity contribution in [2.24, 2.45) is 11.6 Å². The van der Waals surface area contributed by atoms with Gasteiger partial charge in [0, 0.05) is 9.60 Å². The van der Waals surface area contributed by atoms with Gasteiger partial charge in [0.1, 0.15) is 19.4 Å². The smallest absolute Gasteiger partial charge is 0.323 e. The van der Waals surface area contributed by atoms with Gasteiger partial charge in [0.25, 0.3) is 5.56 Å². The lowest BCUT2D eigenvalue weighted by molar-refractivity contribution is -0.148. The number of nitrogens with two attached hydrogens (primary N) is 2. The average molecular weight is 369 g/mol. The maximum Gasteiger partial charge on any atom is 0.323 e. The van der Waals surface area contributed by atoms with Crippen LogP contribution in [0.25, 0.3) is 11.2 Å². The number of anilines is 1. The van der Waals surface area contributed by atoms with E-state index in [1.54, 1.807) is 0 Å². The van der Waals surface area contributed by atoms with Gasteiger partial charge in [-0.3, -0.25) is 19.1 Å². The van der Waals surface area contributed by atoms with Crippen LogP contribution in [0.3, 0.4) is 0 Å². The molecular formula is C13H21ClN6O4. The van der Waals surface area contributed by atoms with Crippen LogP contribution in [0.5, 0.6) is 0 Å². The van der Waals surface area contributed by atoms with Crippen LogP contribution in [-0.2, 0) is 21.0 Å². The molecule has 0 saturated carbocycles. The second-order valence-corrected chi connectivity index (χ2v) is 4.30. The van der Waals surface area contributed by atoms with Crippen molar-refractivity contribution in [3.8, 4) is 0 Å². The number of nitrogen functional groups attached to an aromatic ring is 1. The fraction of sp³-hybridized carbons (Fsp3) is 0.538. The van der Waals surface area contributed by atoms with Crippen molar-refractivity contribution in [2.75, 3.05) is 18.9 Å². The number of rotatable bonds is 7. The van der Waals surface area contributed by atoms with E-state index in [1.807, 2.05) is 0 Å². The first-order valence-corrected chi connectivity index (χ1v) is 6.28. The molecule has 0 spiro atoms. The molecule has 0 bridgehead atoms. The van der Waals surface area contributed by atoms with Gasteiger partial charge in [-0.1, -0.05) is 13.7 Å². The number of esters is 1. The van der Waals surface area contributed by atoms with Crippen molar-refractivity contribution in [3.05, 3.63) is 16.7 Å². The lowest BCUT2D eigenvalue weighted by Gasteiger charge is -2.14. The third-order valence-electron chi connectivity index (χ3n) is 2.67. The molecule has 2 aromatic heterocycles. The highest BCUT2D eigenvalue weighted by atomic mass is 35.5. The number of carbonyl (C=O) groups excluding carboxylic acids is 1. The SMILES string of the molecule is Cl.[2H]C([2H])([2H])C([2H])(C([2H])([2H])[2H])[C@@]([2H])(N)C(=O)OCCOCn1cnc2c(=O)[nH]c(N)nc21. The molecule has 0 saturated heterocycles. The van der Waals surface area contributed by atoms with Crippen LogP contribution in [0.4, 0.5) is 5.95 Å². The number of aromatic nitrogens is 4. The maximum absolute atomic E-state index is 12.2. The summed E-state index contributed by atoms with van der Waals surface area (Å²) in [5.74, 6) is -5.49. The quantitative estimate of drug-likeness (QED) is 0.442. The third kappa shape index (κ3) is 4.66. The summed E-state index contributed by atoms with van der Waals surface area (Å²) < 4.78 is 70.8. The number of imidazole rings is 1. The van der Waals surface area contributed by atoms with E-state index in [2.05, 4.69) is 19.7 Å². The first-order valence-electron chi connectivity index (χ1n) is 10.3. The van der Waals surface area contributed by atoms with Gasteiger partial charge in [-0.25, -0.2) is 4.98 Å². The molecule has 0 unspecified atom stereocenters. The van der Waals surface area contributed by atoms with Crippen LogP contribution in [0.15, 0.2) is 11.1 Å². The van der Waals surface area contributed by atoms with E-state index in [-0.39, 0.29) is 42.9 Å². The summed E-state index contributed by atoms with van der Waals surface area (Å²) in [4.78, 5) is 33.9. The van der Waals surface area contributed by atoms with Gasteiger partial charge in [0.05, 0.1) is 14.3 Å². The first kappa shape index (κ1) is 10.6. The third-order valence-corrected chi connectivity index (χ3v) is 2.67. The Morgan fingerprint density at radius 3 is 3.00 bits per heavy atom. The molecule has 0 aromatic carbocycles. The molecule has 0 aliphatic rings. The Morgan fingerprint density at radius 1 is 1.54 bits per heavy atom. The van der Waals surface area contributed by atoms with E-state index in [0.717, 1.165) is 0 Å². The van der Waals surface area contributed by atoms with E-state index in [9.17, 15) is 9.59 Å². The number of nitrogens with zero attached hydrogens (tertiary/aromatic N) is 3. The molecule has 10 nitrogen and oxygen atoms in total. The van der Waals surface area contributed by atoms with Gasteiger partial charge < -0.3 is 20.9 Å². The number of hydrogen-bond donors (Lipinski definition) is 3. The number of ether oxygens (including phenoxy) is 2. The lowest BCUT2D eigenvalue weighted by Crippen LogP contribution is -2.37. The Bertz CT molecular complexity index is 1010. The Morgan fingerprint density at radius 2 is 2.29 bits per heavy atom. The van der Waals surface area contributed by atoms with Crippen molar-refractivity contribution < 1.29 is 25.2 Å². The highest BCUT2D eigenvalue weighted by Crippen LogP contribution is 2.06. The minimum Gasteiger partial charge on any atom is -0.462 e. The Labute approximate surface area is 155 Å². The molecule has 0 aliphatic heterocycles. The van der Waals surface area contributed by atoms with E-state index >= 15 is 0 Å². The van der Waals surface area contributed by atoms with Crippen molar-refractivity contribution in [1.29, 1.82) is 0 Å². The number of aromatic amines is 1. The Hall–Kier alpha value is -2.17. The molecule has 0 amide bonds. The maximum atomic E-state index is 12.2. The number of carbonyl (C=O) groups is 1. The van der Waals surface area contributed by atoms with Crippen LogP contribution in [0.2, 0.25) is 0 Å². The summed E-state index contributed by atoms with van der Waals surface area (Å²) in [5, 5.41) is 0. The minimum absolute atomic E-state index is 0. The summed E-state index contributed by atoms with van der Waals surface area (Å²) >= 11 is 0. The largest absolute Gasteiger partial charge is 0.462 e. The summed E-state index contributed by atoms with van der Waals surface area (Å²) in [6.45, 7) is -8.17. The summed E-state index contributed by atoms with van der Waals surface area (Å²) in [7, 11) is 0. The minimum atomic E-state index is -3.64. The zero-order valence-electron chi connectivity index (χ0n) is 20.2. The van der Waals surface area contributed by atoms with Gasteiger partial charge in [-0.15, -0.1) is 12.4 Å². The molecule has 2 heterocycles. The predicted molar refractivity (Wildman–Crippen MR) is 89.5 cm³/mol. The number of halogens is 1. The standard InChI is InChI=1S/C13H20N6O4.ClH/c1-7(2)8(14)12(21)23-4-3-22-6-19-5-16-9-10(19)17-13(15)18-11(9)20;/h5,7-8H,3-4,6,14H2,1-2H3,(H3,15,17,18,20);1H/t8-;/m1./s1/i1D3,2D3,7D,8D;. The molecule has 5 N–H and O–H groups in total. The molecule has 1 atom stereocenters. The van der Waals surface area contributed by atoms with Crippen molar-refractivity contribution >= 4 is 35.5 Å². The van der Waals surface area contributed by atoms with Crippen LogP contribution in [0.1, 0.15) is 24.7 Å². The summed E-state index contributed by atoms with van der Waals surface area (Å²) in [6.07, 6.45) is 1.26. The molecule has 0 radical (unpaired) electrons. The van der Waals surface area contributed by atoms with E-state index in [4.69, 9.17) is 27.2 Å². The van der Waals surface area contributed by atoms with E-state index in [1.165, 1.54) is 10.9 Å². The van der Waals surface area contributed by atoms with Crippen LogP contribution in [-0.4, -0.2) is 44.7 Å². The second kappa shape index (κ2) is 8.62. The summed E-state index contributed by atoms with van der Waals surface area (Å²) in [6, 6.07) is -3.42. The molecule has 11 heteroatoms. The fourth-order valence-electron chi connectivity index (χ4n) is 1.60. The van der Waals surface area contributed by atoms with Gasteiger partial charge in [-0.05, 0) is 5.89 Å². The number of fused-ring (bicyclic) bond motifs is 1. The molecule has 2 aromatic rings. The number of H-pyrrole nitrogens is 1. The normalized spacial score (nSPS) is 19.9. The van der Waals surface area contributed by atoms with Gasteiger partial charge >= 0.3 is 5.97 Å². The van der Waals surface area contributed by atoms with Crippen LogP contribution >= 0.6 is 12.4 Å². The van der Waals surface area contributed by atoms with Crippen molar-refractivity contribution in [2.45, 2.75) is 26.5 Å². The van der Waals surface area contributed by atoms with E-state index in [0.29, 0.717) is 0 Å². The monoisotopic (exact) mass is 368 g/mol. The molecule has 0 aliphatic carbocycles. The molecular weight excluding hydrogens is 340 g/mol. The zero-order valence-corrected chi connectivity index (χ0v) is 13.1. The highest BCUT2D eigenvalue weighted by molar-refractivity contribution is 5.85. The number of nitrogens with one attached hydrogen (secondary N) is 1. The van der Waals surface area contributed by atoms with Crippen LogP contribution < -0.4 is 17.0 Å². The average Bonchev–Trinajstić information content (AvgIpc) is 3.01. The Balaban J connectivity index is 0.00000512. The molecule has 2 rings (SSSR count).